The first-order valence-corrected chi connectivity index (χ1v) is 4.24. The summed E-state index contributed by atoms with van der Waals surface area (Å²) in [7, 11) is 0. The summed E-state index contributed by atoms with van der Waals surface area (Å²) in [6, 6.07) is 5.42. The molecule has 16 heavy (non-hydrogen) atoms. The van der Waals surface area contributed by atoms with Gasteiger partial charge in [-0.2, -0.15) is 0 Å². The maximum atomic E-state index is 10.4. The standard InChI is InChI=1S/C9H11NO3.HNO2/c10-8(9(12)13)5-6-1-3-7(11)4-2-6;2-1-3/h1-4,8,11H,5,10H2,(H,12,13);(H,2,3). The predicted octanol–water partition coefficient (Wildman–Crippen LogP) is 0.489. The highest BCUT2D eigenvalue weighted by Crippen LogP contribution is 2.10. The third-order valence-electron chi connectivity index (χ3n) is 1.71. The summed E-state index contributed by atoms with van der Waals surface area (Å²) in [6.45, 7) is 0. The first-order chi connectivity index (χ1) is 7.51. The fourth-order valence-corrected chi connectivity index (χ4v) is 0.973. The number of carbonyl (C=O) groups is 1. The summed E-state index contributed by atoms with van der Waals surface area (Å²) >= 11 is 0. The minimum atomic E-state index is -1.02. The summed E-state index contributed by atoms with van der Waals surface area (Å²) in [5, 5.41) is 25.4. The minimum absolute atomic E-state index is 0.160. The zero-order chi connectivity index (χ0) is 12.6. The Morgan fingerprint density at radius 1 is 1.38 bits per heavy atom. The van der Waals surface area contributed by atoms with Crippen LogP contribution < -0.4 is 5.73 Å². The molecule has 0 spiro atoms. The van der Waals surface area contributed by atoms with Crippen LogP contribution in [0.2, 0.25) is 0 Å². The molecule has 1 rings (SSSR count). The van der Waals surface area contributed by atoms with Crippen molar-refractivity contribution in [1.29, 1.82) is 0 Å². The fraction of sp³-hybridized carbons (Fsp3) is 0.222. The molecule has 0 heterocycles. The maximum absolute atomic E-state index is 10.4. The molecule has 0 saturated carbocycles. The number of phenolic OH excluding ortho intramolecular Hbond substituents is 1. The molecule has 7 heteroatoms. The molecular formula is C9H12N2O5. The highest BCUT2D eigenvalue weighted by atomic mass is 16.6. The van der Waals surface area contributed by atoms with E-state index in [1.54, 1.807) is 12.1 Å². The number of hydrogen-bond acceptors (Lipinski definition) is 5. The van der Waals surface area contributed by atoms with Crippen LogP contribution in [0.5, 0.6) is 5.75 Å². The molecule has 0 fully saturated rings. The van der Waals surface area contributed by atoms with Crippen LogP contribution in [-0.4, -0.2) is 27.4 Å². The van der Waals surface area contributed by atoms with Crippen molar-refractivity contribution >= 4 is 5.97 Å². The van der Waals surface area contributed by atoms with Gasteiger partial charge < -0.3 is 21.2 Å². The SMILES string of the molecule is NC(Cc1ccc(O)cc1)C(=O)O.O=NO. The molecule has 0 aliphatic carbocycles. The van der Waals surface area contributed by atoms with Crippen LogP contribution in [0, 0.1) is 4.91 Å². The highest BCUT2D eigenvalue weighted by Gasteiger charge is 2.11. The Balaban J connectivity index is 0.000000673. The van der Waals surface area contributed by atoms with Gasteiger partial charge in [-0.15, -0.1) is 4.91 Å². The van der Waals surface area contributed by atoms with Gasteiger partial charge in [0, 0.05) is 0 Å². The van der Waals surface area contributed by atoms with Gasteiger partial charge in [0.15, 0.2) is 5.34 Å². The molecule has 1 aromatic rings. The topological polar surface area (TPSA) is 133 Å². The summed E-state index contributed by atoms with van der Waals surface area (Å²) in [6.07, 6.45) is 0.273. The average Bonchev–Trinajstić information content (AvgIpc) is 2.22. The van der Waals surface area contributed by atoms with Crippen molar-refractivity contribution in [2.24, 2.45) is 11.1 Å². The van der Waals surface area contributed by atoms with Crippen molar-refractivity contribution in [1.82, 2.24) is 0 Å². The average molecular weight is 228 g/mol. The monoisotopic (exact) mass is 228 g/mol. The molecule has 7 nitrogen and oxygen atoms in total. The summed E-state index contributed by atoms with van der Waals surface area (Å²) in [4.78, 5) is 18.5. The molecule has 0 aliphatic rings. The van der Waals surface area contributed by atoms with Gasteiger partial charge in [-0.1, -0.05) is 12.1 Å². The second kappa shape index (κ2) is 7.18. The lowest BCUT2D eigenvalue weighted by molar-refractivity contribution is -0.138. The first-order valence-electron chi connectivity index (χ1n) is 4.24. The second-order valence-corrected chi connectivity index (χ2v) is 2.90. The first kappa shape index (κ1) is 13.8. The zero-order valence-corrected chi connectivity index (χ0v) is 8.28. The van der Waals surface area contributed by atoms with Gasteiger partial charge in [-0.3, -0.25) is 4.79 Å². The van der Waals surface area contributed by atoms with Crippen LogP contribution in [-0.2, 0) is 11.2 Å². The van der Waals surface area contributed by atoms with Gasteiger partial charge in [0.05, 0.1) is 0 Å². The van der Waals surface area contributed by atoms with Crippen molar-refractivity contribution in [2.45, 2.75) is 12.5 Å². The molecule has 1 unspecified atom stereocenters. The van der Waals surface area contributed by atoms with E-state index in [4.69, 9.17) is 26.1 Å². The highest BCUT2D eigenvalue weighted by molar-refractivity contribution is 5.73. The molecule has 1 aromatic carbocycles. The molecule has 0 aromatic heterocycles. The van der Waals surface area contributed by atoms with Crippen LogP contribution in [0.4, 0.5) is 0 Å². The Kier molecular flexibility index (Phi) is 6.22. The summed E-state index contributed by atoms with van der Waals surface area (Å²) in [5.41, 5.74) is 6.12. The Bertz CT molecular complexity index is 338. The van der Waals surface area contributed by atoms with E-state index in [1.807, 2.05) is 0 Å². The van der Waals surface area contributed by atoms with E-state index in [0.29, 0.717) is 0 Å². The van der Waals surface area contributed by atoms with Gasteiger partial charge in [0.25, 0.3) is 0 Å². The zero-order valence-electron chi connectivity index (χ0n) is 8.28. The van der Waals surface area contributed by atoms with Crippen molar-refractivity contribution in [2.75, 3.05) is 0 Å². The van der Waals surface area contributed by atoms with E-state index in [-0.39, 0.29) is 12.2 Å². The Labute approximate surface area is 91.1 Å². The van der Waals surface area contributed by atoms with Gasteiger partial charge in [-0.25, -0.2) is 0 Å². The number of nitrogens with zero attached hydrogens (tertiary/aromatic N) is 1. The van der Waals surface area contributed by atoms with Crippen LogP contribution in [0.3, 0.4) is 0 Å². The molecule has 0 aliphatic heterocycles. The minimum Gasteiger partial charge on any atom is -0.508 e. The third kappa shape index (κ3) is 5.55. The normalized spacial score (nSPS) is 10.8. The van der Waals surface area contributed by atoms with E-state index in [9.17, 15) is 4.79 Å². The molecule has 0 radical (unpaired) electrons. The molecular weight excluding hydrogens is 216 g/mol. The van der Waals surface area contributed by atoms with Gasteiger partial charge >= 0.3 is 5.97 Å². The lowest BCUT2D eigenvalue weighted by Crippen LogP contribution is -2.32. The smallest absolute Gasteiger partial charge is 0.320 e. The van der Waals surface area contributed by atoms with Crippen molar-refractivity contribution < 1.29 is 20.2 Å². The molecule has 0 saturated heterocycles. The molecule has 5 N–H and O–H groups in total. The van der Waals surface area contributed by atoms with Crippen molar-refractivity contribution in [3.8, 4) is 5.75 Å². The van der Waals surface area contributed by atoms with Crippen LogP contribution >= 0.6 is 0 Å². The quantitative estimate of drug-likeness (QED) is 0.439. The summed E-state index contributed by atoms with van der Waals surface area (Å²) < 4.78 is 0. The largest absolute Gasteiger partial charge is 0.508 e. The van der Waals surface area contributed by atoms with Crippen molar-refractivity contribution in [3.05, 3.63) is 34.7 Å². The van der Waals surface area contributed by atoms with E-state index < -0.39 is 12.0 Å². The van der Waals surface area contributed by atoms with Crippen LogP contribution in [0.15, 0.2) is 29.6 Å². The maximum Gasteiger partial charge on any atom is 0.320 e. The molecule has 0 bridgehead atoms. The molecule has 88 valence electrons. The number of nitrogens with two attached hydrogens (primary N) is 1. The lowest BCUT2D eigenvalue weighted by atomic mass is 10.1. The van der Waals surface area contributed by atoms with E-state index >= 15 is 0 Å². The lowest BCUT2D eigenvalue weighted by Gasteiger charge is -2.05. The number of carboxylic acid groups (broad SMARTS) is 1. The van der Waals surface area contributed by atoms with E-state index in [1.165, 1.54) is 17.5 Å². The summed E-state index contributed by atoms with van der Waals surface area (Å²) in [5.74, 6) is -0.860. The predicted molar refractivity (Wildman–Crippen MR) is 55.0 cm³/mol. The van der Waals surface area contributed by atoms with Crippen LogP contribution in [0.1, 0.15) is 5.56 Å². The number of benzene rings is 1. The Hall–Kier alpha value is -2.15. The number of rotatable bonds is 3. The van der Waals surface area contributed by atoms with Gasteiger partial charge in [-0.05, 0) is 24.1 Å². The van der Waals surface area contributed by atoms with Gasteiger partial charge in [0.2, 0.25) is 0 Å². The number of phenols is 1. The van der Waals surface area contributed by atoms with Gasteiger partial charge in [0.1, 0.15) is 11.8 Å². The Morgan fingerprint density at radius 3 is 2.19 bits per heavy atom. The number of aliphatic carboxylic acids is 1. The number of aromatic hydroxyl groups is 1. The van der Waals surface area contributed by atoms with E-state index in [2.05, 4.69) is 0 Å². The number of carboxylic acids is 1. The van der Waals surface area contributed by atoms with Crippen molar-refractivity contribution in [3.63, 3.8) is 0 Å². The van der Waals surface area contributed by atoms with E-state index in [0.717, 1.165) is 5.56 Å². The molecule has 0 amide bonds. The second-order valence-electron chi connectivity index (χ2n) is 2.90. The Morgan fingerprint density at radius 2 is 1.81 bits per heavy atom. The molecule has 1 atom stereocenters. The van der Waals surface area contributed by atoms with Crippen LogP contribution in [0.25, 0.3) is 0 Å². The third-order valence-corrected chi connectivity index (χ3v) is 1.71. The fourth-order valence-electron chi connectivity index (χ4n) is 0.973. The number of hydrogen-bond donors (Lipinski definition) is 4.